The van der Waals surface area contributed by atoms with Crippen LogP contribution in [0.1, 0.15) is 15.9 Å². The molecule has 0 unspecified atom stereocenters. The van der Waals surface area contributed by atoms with Gasteiger partial charge >= 0.3 is 0 Å². The van der Waals surface area contributed by atoms with Crippen molar-refractivity contribution in [2.75, 3.05) is 7.11 Å². The van der Waals surface area contributed by atoms with E-state index in [1.807, 2.05) is 48.5 Å². The van der Waals surface area contributed by atoms with Crippen molar-refractivity contribution in [2.24, 2.45) is 0 Å². The highest BCUT2D eigenvalue weighted by atomic mass is 16.5. The van der Waals surface area contributed by atoms with Gasteiger partial charge in [0.15, 0.2) is 0 Å². The Labute approximate surface area is 223 Å². The molecule has 9 heteroatoms. The molecule has 1 amide bonds. The standard InChI is InChI=1S/C30H24N6O3/c1-39-30-22(8-5-13-31-30)19-10-12-26(37)23(14-19)28-34-24-11-9-20(15-25(24)35-28)29(38)32-16-21-17-33-36-27(21)18-6-3-2-4-7-18/h2-15,17,37H,16H2,1H3,(H,32,38)(H,33,36)(H,34,35). The number of nitrogens with one attached hydrogen (secondary N) is 3. The molecule has 0 bridgehead atoms. The molecule has 0 aliphatic heterocycles. The van der Waals surface area contributed by atoms with E-state index in [0.717, 1.165) is 33.5 Å². The first-order valence-corrected chi connectivity index (χ1v) is 12.3. The number of rotatable bonds is 7. The van der Waals surface area contributed by atoms with Crippen LogP contribution in [0.5, 0.6) is 11.6 Å². The second-order valence-corrected chi connectivity index (χ2v) is 8.92. The monoisotopic (exact) mass is 516 g/mol. The number of benzene rings is 3. The summed E-state index contributed by atoms with van der Waals surface area (Å²) < 4.78 is 5.39. The summed E-state index contributed by atoms with van der Waals surface area (Å²) in [5.41, 5.74) is 6.63. The smallest absolute Gasteiger partial charge is 0.251 e. The molecule has 6 rings (SSSR count). The molecule has 39 heavy (non-hydrogen) atoms. The largest absolute Gasteiger partial charge is 0.507 e. The van der Waals surface area contributed by atoms with Gasteiger partial charge in [0, 0.05) is 41.2 Å². The Kier molecular flexibility index (Phi) is 6.22. The molecule has 4 N–H and O–H groups in total. The normalized spacial score (nSPS) is 11.0. The number of H-pyrrole nitrogens is 2. The Morgan fingerprint density at radius 1 is 0.974 bits per heavy atom. The van der Waals surface area contributed by atoms with Crippen molar-refractivity contribution in [3.8, 4) is 45.4 Å². The summed E-state index contributed by atoms with van der Waals surface area (Å²) in [6.07, 6.45) is 3.45. The lowest BCUT2D eigenvalue weighted by molar-refractivity contribution is 0.0951. The summed E-state index contributed by atoms with van der Waals surface area (Å²) in [5, 5.41) is 20.8. The molecule has 0 atom stereocenters. The van der Waals surface area contributed by atoms with Gasteiger partial charge in [0.25, 0.3) is 5.91 Å². The first-order chi connectivity index (χ1) is 19.1. The third kappa shape index (κ3) is 4.69. The van der Waals surface area contributed by atoms with Crippen LogP contribution in [0.2, 0.25) is 0 Å². The average molecular weight is 517 g/mol. The number of ether oxygens (including phenoxy) is 1. The minimum absolute atomic E-state index is 0.0768. The second-order valence-electron chi connectivity index (χ2n) is 8.92. The number of methoxy groups -OCH3 is 1. The van der Waals surface area contributed by atoms with E-state index in [-0.39, 0.29) is 11.7 Å². The van der Waals surface area contributed by atoms with Gasteiger partial charge in [-0.1, -0.05) is 36.4 Å². The highest BCUT2D eigenvalue weighted by Crippen LogP contribution is 2.35. The maximum atomic E-state index is 13.0. The van der Waals surface area contributed by atoms with Gasteiger partial charge in [0.05, 0.1) is 29.4 Å². The van der Waals surface area contributed by atoms with E-state index in [1.54, 1.807) is 49.8 Å². The maximum Gasteiger partial charge on any atom is 0.251 e. The molecule has 9 nitrogen and oxygen atoms in total. The van der Waals surface area contributed by atoms with Gasteiger partial charge in [0.1, 0.15) is 11.6 Å². The van der Waals surface area contributed by atoms with E-state index in [2.05, 4.69) is 30.5 Å². The number of carbonyl (C=O) groups is 1. The molecule has 0 saturated heterocycles. The predicted octanol–water partition coefficient (Wildman–Crippen LogP) is 5.33. The molecule has 0 spiro atoms. The summed E-state index contributed by atoms with van der Waals surface area (Å²) in [6.45, 7) is 0.321. The van der Waals surface area contributed by atoms with Gasteiger partial charge in [-0.25, -0.2) is 9.97 Å². The van der Waals surface area contributed by atoms with Gasteiger partial charge < -0.3 is 20.1 Å². The third-order valence-corrected chi connectivity index (χ3v) is 6.48. The summed E-state index contributed by atoms with van der Waals surface area (Å²) in [6, 6.07) is 24.0. The van der Waals surface area contributed by atoms with Crippen LogP contribution in [0, 0.1) is 0 Å². The number of phenols is 1. The van der Waals surface area contributed by atoms with Gasteiger partial charge in [-0.15, -0.1) is 0 Å². The Morgan fingerprint density at radius 2 is 1.85 bits per heavy atom. The Hall–Kier alpha value is -5.44. The number of hydrogen-bond acceptors (Lipinski definition) is 6. The zero-order valence-corrected chi connectivity index (χ0v) is 21.0. The molecule has 0 fully saturated rings. The number of hydrogen-bond donors (Lipinski definition) is 4. The Balaban J connectivity index is 1.25. The van der Waals surface area contributed by atoms with Crippen molar-refractivity contribution >= 4 is 16.9 Å². The van der Waals surface area contributed by atoms with Crippen LogP contribution in [0.15, 0.2) is 91.3 Å². The number of aromatic nitrogens is 5. The van der Waals surface area contributed by atoms with Crippen molar-refractivity contribution in [3.05, 3.63) is 102 Å². The van der Waals surface area contributed by atoms with E-state index in [1.165, 1.54) is 0 Å². The summed E-state index contributed by atoms with van der Waals surface area (Å²) in [5.74, 6) is 0.819. The molecule has 0 aliphatic rings. The molecule has 0 aliphatic carbocycles. The van der Waals surface area contributed by atoms with Gasteiger partial charge in [-0.2, -0.15) is 5.10 Å². The lowest BCUT2D eigenvalue weighted by Crippen LogP contribution is -2.22. The highest BCUT2D eigenvalue weighted by Gasteiger charge is 2.16. The zero-order valence-electron chi connectivity index (χ0n) is 21.0. The number of aromatic hydroxyl groups is 1. The number of carbonyl (C=O) groups excluding carboxylic acids is 1. The molecule has 0 radical (unpaired) electrons. The quantitative estimate of drug-likeness (QED) is 0.227. The fourth-order valence-corrected chi connectivity index (χ4v) is 4.51. The molecule has 0 saturated carbocycles. The summed E-state index contributed by atoms with van der Waals surface area (Å²) >= 11 is 0. The first-order valence-electron chi connectivity index (χ1n) is 12.3. The third-order valence-electron chi connectivity index (χ3n) is 6.48. The van der Waals surface area contributed by atoms with Gasteiger partial charge in [0.2, 0.25) is 5.88 Å². The summed E-state index contributed by atoms with van der Waals surface area (Å²) in [7, 11) is 1.57. The van der Waals surface area contributed by atoms with Gasteiger partial charge in [-0.05, 0) is 48.0 Å². The molecule has 6 aromatic rings. The lowest BCUT2D eigenvalue weighted by atomic mass is 10.0. The molecule has 3 aromatic carbocycles. The van der Waals surface area contributed by atoms with Gasteiger partial charge in [-0.3, -0.25) is 9.89 Å². The highest BCUT2D eigenvalue weighted by molar-refractivity contribution is 5.98. The van der Waals surface area contributed by atoms with Crippen molar-refractivity contribution in [1.29, 1.82) is 0 Å². The predicted molar refractivity (Wildman–Crippen MR) is 148 cm³/mol. The fourth-order valence-electron chi connectivity index (χ4n) is 4.51. The van der Waals surface area contributed by atoms with Crippen molar-refractivity contribution in [3.63, 3.8) is 0 Å². The van der Waals surface area contributed by atoms with Crippen LogP contribution in [-0.2, 0) is 6.54 Å². The molecule has 192 valence electrons. The second kappa shape index (κ2) is 10.1. The zero-order chi connectivity index (χ0) is 26.8. The first kappa shape index (κ1) is 23.9. The Bertz CT molecular complexity index is 1790. The van der Waals surface area contributed by atoms with E-state index in [0.29, 0.717) is 34.9 Å². The molecule has 3 aromatic heterocycles. The average Bonchev–Trinajstić information content (AvgIpc) is 3.63. The fraction of sp³-hybridized carbons (Fsp3) is 0.0667. The van der Waals surface area contributed by atoms with Crippen LogP contribution in [0.25, 0.3) is 44.8 Å². The van der Waals surface area contributed by atoms with E-state index in [4.69, 9.17) is 4.74 Å². The maximum absolute atomic E-state index is 13.0. The number of pyridine rings is 1. The number of amides is 1. The van der Waals surface area contributed by atoms with Crippen LogP contribution < -0.4 is 10.1 Å². The van der Waals surface area contributed by atoms with E-state index in [9.17, 15) is 9.90 Å². The van der Waals surface area contributed by atoms with Crippen molar-refractivity contribution in [2.45, 2.75) is 6.54 Å². The molecular formula is C30H24N6O3. The summed E-state index contributed by atoms with van der Waals surface area (Å²) in [4.78, 5) is 25.2. The number of phenolic OH excluding ortho intramolecular Hbond substituents is 1. The van der Waals surface area contributed by atoms with Crippen LogP contribution in [0.3, 0.4) is 0 Å². The van der Waals surface area contributed by atoms with E-state index >= 15 is 0 Å². The van der Waals surface area contributed by atoms with Crippen LogP contribution >= 0.6 is 0 Å². The minimum Gasteiger partial charge on any atom is -0.507 e. The number of fused-ring (bicyclic) bond motifs is 1. The Morgan fingerprint density at radius 3 is 2.69 bits per heavy atom. The lowest BCUT2D eigenvalue weighted by Gasteiger charge is -2.09. The van der Waals surface area contributed by atoms with Crippen molar-refractivity contribution < 1.29 is 14.6 Å². The number of nitrogens with zero attached hydrogens (tertiary/aromatic N) is 3. The SMILES string of the molecule is COc1ncccc1-c1ccc(O)c(-c2nc3cc(C(=O)NCc4c[nH]nc4-c4ccccc4)ccc3[nH]2)c1. The molecular weight excluding hydrogens is 492 g/mol. The minimum atomic E-state index is -0.227. The number of imidazole rings is 1. The number of aromatic amines is 2. The van der Waals surface area contributed by atoms with E-state index < -0.39 is 0 Å². The van der Waals surface area contributed by atoms with Crippen LogP contribution in [0.4, 0.5) is 0 Å². The topological polar surface area (TPSA) is 129 Å². The van der Waals surface area contributed by atoms with Crippen LogP contribution in [-0.4, -0.2) is 43.3 Å². The van der Waals surface area contributed by atoms with Crippen molar-refractivity contribution in [1.82, 2.24) is 30.5 Å². The molecule has 3 heterocycles.